The summed E-state index contributed by atoms with van der Waals surface area (Å²) in [4.78, 5) is 6.69. The summed E-state index contributed by atoms with van der Waals surface area (Å²) >= 11 is 0. The molecule has 0 bridgehead atoms. The van der Waals surface area contributed by atoms with Crippen LogP contribution in [0.15, 0.2) is 41.1 Å². The number of nitrogens with zero attached hydrogens (tertiary/aromatic N) is 2. The van der Waals surface area contributed by atoms with Gasteiger partial charge in [-0.15, -0.1) is 0 Å². The van der Waals surface area contributed by atoms with Gasteiger partial charge in [-0.1, -0.05) is 6.92 Å². The molecule has 2 rings (SSSR count). The van der Waals surface area contributed by atoms with Crippen LogP contribution in [0.25, 0.3) is 0 Å². The molecule has 0 saturated carbocycles. The highest BCUT2D eigenvalue weighted by Crippen LogP contribution is 2.16. The molecular formula is C16H23N3O. The van der Waals surface area contributed by atoms with E-state index >= 15 is 0 Å². The molecule has 20 heavy (non-hydrogen) atoms. The summed E-state index contributed by atoms with van der Waals surface area (Å²) in [7, 11) is 0. The molecule has 0 aliphatic carbocycles. The van der Waals surface area contributed by atoms with E-state index in [1.165, 1.54) is 5.56 Å². The number of aromatic nitrogens is 1. The van der Waals surface area contributed by atoms with Crippen LogP contribution in [0.5, 0.6) is 0 Å². The largest absolute Gasteiger partial charge is 0.467 e. The van der Waals surface area contributed by atoms with Gasteiger partial charge in [0.1, 0.15) is 11.6 Å². The van der Waals surface area contributed by atoms with E-state index in [4.69, 9.17) is 4.42 Å². The lowest BCUT2D eigenvalue weighted by Gasteiger charge is -2.21. The summed E-state index contributed by atoms with van der Waals surface area (Å²) in [6.07, 6.45) is 4.74. The van der Waals surface area contributed by atoms with E-state index in [1.807, 2.05) is 18.3 Å². The molecule has 2 heterocycles. The van der Waals surface area contributed by atoms with Crippen molar-refractivity contribution < 1.29 is 4.42 Å². The predicted octanol–water partition coefficient (Wildman–Crippen LogP) is 3.20. The van der Waals surface area contributed by atoms with Crippen LogP contribution in [0.1, 0.15) is 31.6 Å². The van der Waals surface area contributed by atoms with Crippen LogP contribution in [0.3, 0.4) is 0 Å². The fourth-order valence-corrected chi connectivity index (χ4v) is 2.10. The third-order valence-corrected chi connectivity index (χ3v) is 3.20. The van der Waals surface area contributed by atoms with Crippen LogP contribution in [-0.4, -0.2) is 18.1 Å². The van der Waals surface area contributed by atoms with Crippen molar-refractivity contribution in [3.05, 3.63) is 48.0 Å². The molecule has 0 aromatic carbocycles. The predicted molar refractivity (Wildman–Crippen MR) is 81.7 cm³/mol. The zero-order valence-corrected chi connectivity index (χ0v) is 12.3. The second kappa shape index (κ2) is 7.70. The minimum atomic E-state index is 0.752. The van der Waals surface area contributed by atoms with Crippen LogP contribution in [0.4, 0.5) is 5.82 Å². The highest BCUT2D eigenvalue weighted by atomic mass is 16.3. The van der Waals surface area contributed by atoms with E-state index in [0.717, 1.165) is 44.2 Å². The van der Waals surface area contributed by atoms with E-state index < -0.39 is 0 Å². The lowest BCUT2D eigenvalue weighted by molar-refractivity contribution is 0.503. The standard InChI is InChI=1S/C16H23N3O/c1-3-8-17-12-14-7-9-18-16(11-14)19(4-2)13-15-6-5-10-20-15/h5-7,9-11,17H,3-4,8,12-13H2,1-2H3. The maximum Gasteiger partial charge on any atom is 0.129 e. The summed E-state index contributed by atoms with van der Waals surface area (Å²) in [5, 5.41) is 3.42. The first-order valence-electron chi connectivity index (χ1n) is 7.26. The molecule has 0 spiro atoms. The van der Waals surface area contributed by atoms with E-state index in [-0.39, 0.29) is 0 Å². The summed E-state index contributed by atoms with van der Waals surface area (Å²) in [6.45, 7) is 7.89. The first kappa shape index (κ1) is 14.6. The quantitative estimate of drug-likeness (QED) is 0.750. The van der Waals surface area contributed by atoms with Gasteiger partial charge in [0.25, 0.3) is 0 Å². The van der Waals surface area contributed by atoms with Gasteiger partial charge in [-0.3, -0.25) is 0 Å². The number of rotatable bonds is 8. The summed E-state index contributed by atoms with van der Waals surface area (Å²) in [6, 6.07) is 8.12. The average Bonchev–Trinajstić information content (AvgIpc) is 2.98. The van der Waals surface area contributed by atoms with Gasteiger partial charge in [-0.05, 0) is 49.7 Å². The Kier molecular flexibility index (Phi) is 5.62. The van der Waals surface area contributed by atoms with Gasteiger partial charge in [-0.2, -0.15) is 0 Å². The van der Waals surface area contributed by atoms with Crippen molar-refractivity contribution in [2.75, 3.05) is 18.0 Å². The Hall–Kier alpha value is -1.81. The summed E-state index contributed by atoms with van der Waals surface area (Å²) < 4.78 is 5.42. The Bertz CT molecular complexity index is 496. The molecule has 0 amide bonds. The van der Waals surface area contributed by atoms with Crippen LogP contribution in [0, 0.1) is 0 Å². The van der Waals surface area contributed by atoms with Crippen LogP contribution in [0.2, 0.25) is 0 Å². The summed E-state index contributed by atoms with van der Waals surface area (Å²) in [5.74, 6) is 1.96. The van der Waals surface area contributed by atoms with Crippen molar-refractivity contribution in [1.29, 1.82) is 0 Å². The van der Waals surface area contributed by atoms with Crippen molar-refractivity contribution in [2.24, 2.45) is 0 Å². The Morgan fingerprint density at radius 1 is 1.30 bits per heavy atom. The van der Waals surface area contributed by atoms with Crippen molar-refractivity contribution in [3.8, 4) is 0 Å². The van der Waals surface area contributed by atoms with E-state index in [0.29, 0.717) is 0 Å². The normalized spacial score (nSPS) is 10.7. The zero-order chi connectivity index (χ0) is 14.2. The molecule has 4 nitrogen and oxygen atoms in total. The van der Waals surface area contributed by atoms with Gasteiger partial charge in [0.05, 0.1) is 12.8 Å². The molecule has 0 radical (unpaired) electrons. The van der Waals surface area contributed by atoms with Gasteiger partial charge in [0.2, 0.25) is 0 Å². The second-order valence-electron chi connectivity index (χ2n) is 4.79. The Balaban J connectivity index is 2.03. The Labute approximate surface area is 120 Å². The Morgan fingerprint density at radius 3 is 2.90 bits per heavy atom. The topological polar surface area (TPSA) is 41.3 Å². The SMILES string of the molecule is CCCNCc1ccnc(N(CC)Cc2ccco2)c1. The third kappa shape index (κ3) is 4.10. The monoisotopic (exact) mass is 273 g/mol. The van der Waals surface area contributed by atoms with E-state index in [2.05, 4.69) is 41.2 Å². The molecule has 0 saturated heterocycles. The molecule has 2 aromatic heterocycles. The molecule has 1 N–H and O–H groups in total. The highest BCUT2D eigenvalue weighted by molar-refractivity contribution is 5.41. The number of nitrogens with one attached hydrogen (secondary N) is 1. The van der Waals surface area contributed by atoms with Gasteiger partial charge < -0.3 is 14.6 Å². The second-order valence-corrected chi connectivity index (χ2v) is 4.79. The molecule has 0 aliphatic rings. The molecule has 108 valence electrons. The van der Waals surface area contributed by atoms with E-state index in [9.17, 15) is 0 Å². The first-order chi connectivity index (χ1) is 9.83. The van der Waals surface area contributed by atoms with Gasteiger partial charge in [0, 0.05) is 19.3 Å². The Morgan fingerprint density at radius 2 is 2.20 bits per heavy atom. The number of hydrogen-bond acceptors (Lipinski definition) is 4. The van der Waals surface area contributed by atoms with Crippen LogP contribution < -0.4 is 10.2 Å². The molecule has 4 heteroatoms. The average molecular weight is 273 g/mol. The number of anilines is 1. The van der Waals surface area contributed by atoms with Crippen molar-refractivity contribution in [1.82, 2.24) is 10.3 Å². The molecule has 0 unspecified atom stereocenters. The van der Waals surface area contributed by atoms with Gasteiger partial charge in [-0.25, -0.2) is 4.98 Å². The number of hydrogen-bond donors (Lipinski definition) is 1. The maximum atomic E-state index is 5.42. The van der Waals surface area contributed by atoms with E-state index in [1.54, 1.807) is 6.26 Å². The van der Waals surface area contributed by atoms with Crippen molar-refractivity contribution in [2.45, 2.75) is 33.4 Å². The number of furan rings is 1. The van der Waals surface area contributed by atoms with Crippen LogP contribution in [-0.2, 0) is 13.1 Å². The fraction of sp³-hybridized carbons (Fsp3) is 0.438. The van der Waals surface area contributed by atoms with Gasteiger partial charge >= 0.3 is 0 Å². The molecule has 2 aromatic rings. The summed E-state index contributed by atoms with van der Waals surface area (Å²) in [5.41, 5.74) is 1.27. The highest BCUT2D eigenvalue weighted by Gasteiger charge is 2.09. The zero-order valence-electron chi connectivity index (χ0n) is 12.3. The van der Waals surface area contributed by atoms with Crippen molar-refractivity contribution >= 4 is 5.82 Å². The lowest BCUT2D eigenvalue weighted by Crippen LogP contribution is -2.23. The smallest absolute Gasteiger partial charge is 0.129 e. The first-order valence-corrected chi connectivity index (χ1v) is 7.26. The molecule has 0 aliphatic heterocycles. The molecular weight excluding hydrogens is 250 g/mol. The number of pyridine rings is 1. The third-order valence-electron chi connectivity index (χ3n) is 3.20. The fourth-order valence-electron chi connectivity index (χ4n) is 2.10. The minimum absolute atomic E-state index is 0.752. The maximum absolute atomic E-state index is 5.42. The van der Waals surface area contributed by atoms with Gasteiger partial charge in [0.15, 0.2) is 0 Å². The van der Waals surface area contributed by atoms with Crippen molar-refractivity contribution in [3.63, 3.8) is 0 Å². The minimum Gasteiger partial charge on any atom is -0.467 e. The molecule has 0 atom stereocenters. The van der Waals surface area contributed by atoms with Crippen LogP contribution >= 0.6 is 0 Å². The lowest BCUT2D eigenvalue weighted by atomic mass is 10.2. The molecule has 0 fully saturated rings.